The van der Waals surface area contributed by atoms with E-state index in [-0.39, 0.29) is 16.9 Å². The number of nitrogens with zero attached hydrogens (tertiary/aromatic N) is 1. The Morgan fingerprint density at radius 2 is 1.70 bits per heavy atom. The number of carbonyl (C=O) groups excluding carboxylic acids is 2. The minimum absolute atomic E-state index is 0.00603. The Balaban J connectivity index is 1.68. The van der Waals surface area contributed by atoms with Crippen molar-refractivity contribution in [3.63, 3.8) is 0 Å². The molecule has 1 amide bonds. The average molecular weight is 426 g/mol. The second-order valence-corrected chi connectivity index (χ2v) is 9.08. The maximum Gasteiger partial charge on any atom is 0.326 e. The van der Waals surface area contributed by atoms with Crippen molar-refractivity contribution in [3.05, 3.63) is 71.3 Å². The molecule has 1 aliphatic heterocycles. The fourth-order valence-corrected chi connectivity index (χ4v) is 4.52. The lowest BCUT2D eigenvalue weighted by atomic mass is 9.94. The van der Waals surface area contributed by atoms with Gasteiger partial charge in [0.05, 0.1) is 0 Å². The number of carboxylic acid groups (broad SMARTS) is 1. The number of likely N-dealkylation sites (tertiary alicyclic amines) is 1. The first-order valence-corrected chi connectivity index (χ1v) is 11.1. The summed E-state index contributed by atoms with van der Waals surface area (Å²) in [6.45, 7) is 3.61. The lowest BCUT2D eigenvalue weighted by molar-refractivity contribution is -0.149. The maximum absolute atomic E-state index is 12.8. The summed E-state index contributed by atoms with van der Waals surface area (Å²) in [5.41, 5.74) is 3.49. The van der Waals surface area contributed by atoms with Gasteiger partial charge in [-0.2, -0.15) is 0 Å². The summed E-state index contributed by atoms with van der Waals surface area (Å²) in [5.74, 6) is -1.20. The molecule has 158 valence electrons. The Hall–Kier alpha value is -2.60. The highest BCUT2D eigenvalue weighted by Crippen LogP contribution is 2.33. The first-order valence-electron chi connectivity index (χ1n) is 10.1. The van der Waals surface area contributed by atoms with Crippen molar-refractivity contribution >= 4 is 28.8 Å². The normalized spacial score (nSPS) is 19.5. The number of aliphatic carboxylic acids is 1. The SMILES string of the molecule is CC(=O)SCC(C)C(=O)N1CC(c2ccc(Cc3ccccc3)cc2)C[C@H]1C(=O)O. The molecule has 0 aromatic heterocycles. The monoisotopic (exact) mass is 425 g/mol. The summed E-state index contributed by atoms with van der Waals surface area (Å²) in [4.78, 5) is 37.3. The second-order valence-electron chi connectivity index (χ2n) is 7.88. The first kappa shape index (κ1) is 22.1. The molecule has 1 fully saturated rings. The zero-order valence-electron chi connectivity index (χ0n) is 17.3. The fourth-order valence-electron chi connectivity index (χ4n) is 3.89. The highest BCUT2D eigenvalue weighted by molar-refractivity contribution is 8.13. The number of carboxylic acids is 1. The summed E-state index contributed by atoms with van der Waals surface area (Å²) in [6, 6.07) is 17.7. The van der Waals surface area contributed by atoms with E-state index < -0.39 is 17.9 Å². The van der Waals surface area contributed by atoms with E-state index in [1.54, 1.807) is 6.92 Å². The number of hydrogen-bond donors (Lipinski definition) is 1. The van der Waals surface area contributed by atoms with E-state index in [0.717, 1.165) is 23.7 Å². The van der Waals surface area contributed by atoms with Gasteiger partial charge in [0.2, 0.25) is 5.91 Å². The third-order valence-electron chi connectivity index (χ3n) is 5.53. The van der Waals surface area contributed by atoms with Crippen LogP contribution in [0, 0.1) is 5.92 Å². The van der Waals surface area contributed by atoms with Gasteiger partial charge < -0.3 is 10.0 Å². The predicted molar refractivity (Wildman–Crippen MR) is 118 cm³/mol. The van der Waals surface area contributed by atoms with Crippen LogP contribution in [0.4, 0.5) is 0 Å². The van der Waals surface area contributed by atoms with Crippen LogP contribution in [0.25, 0.3) is 0 Å². The van der Waals surface area contributed by atoms with Crippen molar-refractivity contribution in [1.29, 1.82) is 0 Å². The number of thioether (sulfide) groups is 1. The molecule has 0 spiro atoms. The summed E-state index contributed by atoms with van der Waals surface area (Å²) in [5, 5.41) is 9.61. The van der Waals surface area contributed by atoms with Gasteiger partial charge in [-0.3, -0.25) is 9.59 Å². The molecule has 1 aliphatic rings. The summed E-state index contributed by atoms with van der Waals surface area (Å²) in [7, 11) is 0. The molecule has 3 rings (SSSR count). The summed E-state index contributed by atoms with van der Waals surface area (Å²) in [6.07, 6.45) is 1.26. The largest absolute Gasteiger partial charge is 0.480 e. The molecule has 0 bridgehead atoms. The lowest BCUT2D eigenvalue weighted by Crippen LogP contribution is -2.43. The van der Waals surface area contributed by atoms with E-state index in [0.29, 0.717) is 18.7 Å². The molecule has 2 unspecified atom stereocenters. The van der Waals surface area contributed by atoms with Crippen molar-refractivity contribution in [3.8, 4) is 0 Å². The van der Waals surface area contributed by atoms with Crippen LogP contribution in [0.5, 0.6) is 0 Å². The van der Waals surface area contributed by atoms with E-state index in [1.165, 1.54) is 23.0 Å². The Morgan fingerprint density at radius 3 is 2.30 bits per heavy atom. The van der Waals surface area contributed by atoms with Crippen molar-refractivity contribution in [2.45, 2.75) is 38.6 Å². The number of rotatable bonds is 7. The van der Waals surface area contributed by atoms with Gasteiger partial charge in [0.25, 0.3) is 0 Å². The fraction of sp³-hybridized carbons (Fsp3) is 0.375. The zero-order valence-corrected chi connectivity index (χ0v) is 18.1. The molecular formula is C24H27NO4S. The molecule has 2 aromatic rings. The van der Waals surface area contributed by atoms with Gasteiger partial charge >= 0.3 is 5.97 Å². The molecule has 1 saturated heterocycles. The van der Waals surface area contributed by atoms with Gasteiger partial charge in [0.1, 0.15) is 6.04 Å². The summed E-state index contributed by atoms with van der Waals surface area (Å²) >= 11 is 1.10. The van der Waals surface area contributed by atoms with Crippen LogP contribution in [-0.4, -0.2) is 45.3 Å². The van der Waals surface area contributed by atoms with Crippen LogP contribution < -0.4 is 0 Å². The van der Waals surface area contributed by atoms with Crippen LogP contribution in [0.2, 0.25) is 0 Å². The first-order chi connectivity index (χ1) is 14.3. The highest BCUT2D eigenvalue weighted by atomic mass is 32.2. The van der Waals surface area contributed by atoms with E-state index in [2.05, 4.69) is 24.3 Å². The van der Waals surface area contributed by atoms with Crippen molar-refractivity contribution < 1.29 is 19.5 Å². The van der Waals surface area contributed by atoms with Crippen LogP contribution in [0.1, 0.15) is 42.9 Å². The molecule has 30 heavy (non-hydrogen) atoms. The standard InChI is InChI=1S/C24H27NO4S/c1-16(15-30-17(2)26)23(27)25-14-21(13-22(25)24(28)29)20-10-8-19(9-11-20)12-18-6-4-3-5-7-18/h3-11,16,21-22H,12-15H2,1-2H3,(H,28,29)/t16?,21?,22-/m0/s1. The van der Waals surface area contributed by atoms with Gasteiger partial charge in [0.15, 0.2) is 5.12 Å². The molecule has 6 heteroatoms. The van der Waals surface area contributed by atoms with Gasteiger partial charge in [-0.05, 0) is 29.5 Å². The minimum atomic E-state index is -0.974. The molecule has 1 N–H and O–H groups in total. The molecule has 1 heterocycles. The van der Waals surface area contributed by atoms with Crippen molar-refractivity contribution in [2.24, 2.45) is 5.92 Å². The number of carbonyl (C=O) groups is 3. The predicted octanol–water partition coefficient (Wildman–Crippen LogP) is 3.96. The van der Waals surface area contributed by atoms with Crippen LogP contribution in [-0.2, 0) is 20.8 Å². The lowest BCUT2D eigenvalue weighted by Gasteiger charge is -2.24. The van der Waals surface area contributed by atoms with E-state index in [4.69, 9.17) is 0 Å². The summed E-state index contributed by atoms with van der Waals surface area (Å²) < 4.78 is 0. The van der Waals surface area contributed by atoms with E-state index >= 15 is 0 Å². The smallest absolute Gasteiger partial charge is 0.326 e. The van der Waals surface area contributed by atoms with Gasteiger partial charge in [0, 0.05) is 31.1 Å². The minimum Gasteiger partial charge on any atom is -0.480 e. The van der Waals surface area contributed by atoms with Crippen LogP contribution >= 0.6 is 11.8 Å². The Bertz CT molecular complexity index is 897. The Labute approximate surface area is 181 Å². The van der Waals surface area contributed by atoms with Gasteiger partial charge in [-0.15, -0.1) is 0 Å². The van der Waals surface area contributed by atoms with E-state index in [9.17, 15) is 19.5 Å². The molecule has 0 aliphatic carbocycles. The van der Waals surface area contributed by atoms with Crippen molar-refractivity contribution in [1.82, 2.24) is 4.90 Å². The Morgan fingerprint density at radius 1 is 1.07 bits per heavy atom. The van der Waals surface area contributed by atoms with Gasteiger partial charge in [-0.1, -0.05) is 73.3 Å². The third-order valence-corrected chi connectivity index (χ3v) is 6.60. The van der Waals surface area contributed by atoms with Crippen LogP contribution in [0.3, 0.4) is 0 Å². The number of benzene rings is 2. The van der Waals surface area contributed by atoms with E-state index in [1.807, 2.05) is 30.3 Å². The van der Waals surface area contributed by atoms with Crippen LogP contribution in [0.15, 0.2) is 54.6 Å². The molecule has 0 saturated carbocycles. The third kappa shape index (κ3) is 5.51. The zero-order chi connectivity index (χ0) is 21.7. The number of amides is 1. The van der Waals surface area contributed by atoms with Gasteiger partial charge in [-0.25, -0.2) is 4.79 Å². The quantitative estimate of drug-likeness (QED) is 0.727. The number of hydrogen-bond acceptors (Lipinski definition) is 4. The molecular weight excluding hydrogens is 398 g/mol. The second kappa shape index (κ2) is 9.94. The topological polar surface area (TPSA) is 74.7 Å². The molecule has 2 aromatic carbocycles. The molecule has 3 atom stereocenters. The Kier molecular flexibility index (Phi) is 7.32. The highest BCUT2D eigenvalue weighted by Gasteiger charge is 2.41. The molecule has 5 nitrogen and oxygen atoms in total. The average Bonchev–Trinajstić information content (AvgIpc) is 3.18. The molecule has 0 radical (unpaired) electrons. The van der Waals surface area contributed by atoms with Crippen molar-refractivity contribution in [2.75, 3.05) is 12.3 Å². The maximum atomic E-state index is 12.8.